The Morgan fingerprint density at radius 3 is 2.69 bits per heavy atom. The molecule has 2 fully saturated rings. The predicted octanol–water partition coefficient (Wildman–Crippen LogP) is 2.12. The Morgan fingerprint density at radius 1 is 1.35 bits per heavy atom. The number of carboxylic acids is 1. The number of urea groups is 1. The van der Waals surface area contributed by atoms with Gasteiger partial charge in [0.05, 0.1) is 17.6 Å². The van der Waals surface area contributed by atoms with Crippen LogP contribution >= 0.6 is 0 Å². The molecule has 3 rings (SSSR count). The number of ether oxygens (including phenoxy) is 2. The number of hydrogen-bond acceptors (Lipinski definition) is 4. The van der Waals surface area contributed by atoms with Crippen LogP contribution in [-0.2, 0) is 9.53 Å². The first-order valence-corrected chi connectivity index (χ1v) is 9.05. The normalized spacial score (nSPS) is 30.5. The van der Waals surface area contributed by atoms with Gasteiger partial charge in [0.15, 0.2) is 0 Å². The number of nitrogens with zero attached hydrogens (tertiary/aromatic N) is 1. The lowest BCUT2D eigenvalue weighted by atomic mass is 9.85. The van der Waals surface area contributed by atoms with Crippen molar-refractivity contribution in [1.82, 2.24) is 10.2 Å². The van der Waals surface area contributed by atoms with Crippen LogP contribution in [0.3, 0.4) is 0 Å². The van der Waals surface area contributed by atoms with E-state index in [-0.39, 0.29) is 30.8 Å². The SMILES string of the molecule is CCOC1CC(NC(=O)N2CCC(C)(C(=O)O)C2)C1Oc1ccccc1. The van der Waals surface area contributed by atoms with Crippen LogP contribution in [0.4, 0.5) is 4.79 Å². The van der Waals surface area contributed by atoms with Gasteiger partial charge < -0.3 is 24.8 Å². The van der Waals surface area contributed by atoms with Crippen LogP contribution in [0, 0.1) is 5.41 Å². The lowest BCUT2D eigenvalue weighted by molar-refractivity contribution is -0.147. The lowest BCUT2D eigenvalue weighted by Crippen LogP contribution is -2.64. The zero-order chi connectivity index (χ0) is 18.7. The van der Waals surface area contributed by atoms with E-state index in [0.29, 0.717) is 26.0 Å². The fourth-order valence-corrected chi connectivity index (χ4v) is 3.47. The number of nitrogens with one attached hydrogen (secondary N) is 1. The third kappa shape index (κ3) is 3.77. The molecule has 0 radical (unpaired) electrons. The molecule has 4 unspecified atom stereocenters. The number of carboxylic acid groups (broad SMARTS) is 1. The van der Waals surface area contributed by atoms with Crippen LogP contribution in [0.2, 0.25) is 0 Å². The van der Waals surface area contributed by atoms with Crippen LogP contribution in [0.1, 0.15) is 26.7 Å². The molecule has 1 saturated heterocycles. The first-order chi connectivity index (χ1) is 12.4. The summed E-state index contributed by atoms with van der Waals surface area (Å²) >= 11 is 0. The van der Waals surface area contributed by atoms with Crippen molar-refractivity contribution in [3.63, 3.8) is 0 Å². The van der Waals surface area contributed by atoms with E-state index in [1.165, 1.54) is 0 Å². The van der Waals surface area contributed by atoms with Crippen molar-refractivity contribution in [2.75, 3.05) is 19.7 Å². The number of amides is 2. The second kappa shape index (κ2) is 7.53. The maximum atomic E-state index is 12.5. The molecule has 26 heavy (non-hydrogen) atoms. The minimum Gasteiger partial charge on any atom is -0.486 e. The topological polar surface area (TPSA) is 88.1 Å². The number of benzene rings is 1. The van der Waals surface area contributed by atoms with Gasteiger partial charge in [0.2, 0.25) is 0 Å². The lowest BCUT2D eigenvalue weighted by Gasteiger charge is -2.44. The standard InChI is InChI=1S/C19H26N2O5/c1-3-25-15-11-14(16(15)26-13-7-5-4-6-8-13)20-18(24)21-10-9-19(2,12-21)17(22)23/h4-8,14-16H,3,9-12H2,1-2H3,(H,20,24)(H,22,23). The fraction of sp³-hybridized carbons (Fsp3) is 0.579. The number of carbonyl (C=O) groups excluding carboxylic acids is 1. The van der Waals surface area contributed by atoms with Gasteiger partial charge in [-0.3, -0.25) is 4.79 Å². The minimum absolute atomic E-state index is 0.0617. The van der Waals surface area contributed by atoms with E-state index in [1.807, 2.05) is 37.3 Å². The maximum Gasteiger partial charge on any atom is 0.317 e. The van der Waals surface area contributed by atoms with E-state index in [0.717, 1.165) is 5.75 Å². The molecule has 1 aromatic rings. The Hall–Kier alpha value is -2.28. The summed E-state index contributed by atoms with van der Waals surface area (Å²) < 4.78 is 11.7. The Kier molecular flexibility index (Phi) is 5.36. The van der Waals surface area contributed by atoms with Gasteiger partial charge in [0, 0.05) is 26.1 Å². The summed E-state index contributed by atoms with van der Waals surface area (Å²) in [5.41, 5.74) is -0.870. The predicted molar refractivity (Wildman–Crippen MR) is 95.1 cm³/mol. The number of aliphatic carboxylic acids is 1. The molecule has 142 valence electrons. The van der Waals surface area contributed by atoms with Crippen molar-refractivity contribution in [1.29, 1.82) is 0 Å². The van der Waals surface area contributed by atoms with Crippen LogP contribution < -0.4 is 10.1 Å². The van der Waals surface area contributed by atoms with Crippen LogP contribution in [0.25, 0.3) is 0 Å². The second-order valence-corrected chi connectivity index (χ2v) is 7.22. The van der Waals surface area contributed by atoms with E-state index in [2.05, 4.69) is 5.32 Å². The average molecular weight is 362 g/mol. The number of rotatable bonds is 6. The summed E-state index contributed by atoms with van der Waals surface area (Å²) in [4.78, 5) is 25.5. The molecule has 7 heteroatoms. The highest BCUT2D eigenvalue weighted by atomic mass is 16.5. The third-order valence-electron chi connectivity index (χ3n) is 5.23. The van der Waals surface area contributed by atoms with Crippen LogP contribution in [-0.4, -0.2) is 60.0 Å². The van der Waals surface area contributed by atoms with Gasteiger partial charge >= 0.3 is 12.0 Å². The highest BCUT2D eigenvalue weighted by Gasteiger charge is 2.47. The molecule has 1 aromatic carbocycles. The van der Waals surface area contributed by atoms with E-state index in [1.54, 1.807) is 11.8 Å². The highest BCUT2D eigenvalue weighted by molar-refractivity contribution is 5.79. The van der Waals surface area contributed by atoms with Gasteiger partial charge in [-0.25, -0.2) is 4.79 Å². The number of carbonyl (C=O) groups is 2. The van der Waals surface area contributed by atoms with E-state index in [4.69, 9.17) is 9.47 Å². The molecule has 0 bridgehead atoms. The smallest absolute Gasteiger partial charge is 0.317 e. The van der Waals surface area contributed by atoms with Gasteiger partial charge in [-0.05, 0) is 32.4 Å². The summed E-state index contributed by atoms with van der Waals surface area (Å²) in [6, 6.07) is 9.06. The molecule has 1 saturated carbocycles. The number of likely N-dealkylation sites (tertiary alicyclic amines) is 1. The Morgan fingerprint density at radius 2 is 2.08 bits per heavy atom. The highest BCUT2D eigenvalue weighted by Crippen LogP contribution is 2.32. The molecule has 1 aliphatic carbocycles. The van der Waals surface area contributed by atoms with Crippen LogP contribution in [0.15, 0.2) is 30.3 Å². The van der Waals surface area contributed by atoms with Gasteiger partial charge in [0.1, 0.15) is 11.9 Å². The summed E-state index contributed by atoms with van der Waals surface area (Å²) in [6.07, 6.45) is 0.829. The Bertz CT molecular complexity index is 653. The van der Waals surface area contributed by atoms with Crippen molar-refractivity contribution in [3.8, 4) is 5.75 Å². The molecule has 2 amide bonds. The molecule has 1 heterocycles. The van der Waals surface area contributed by atoms with Crippen molar-refractivity contribution in [2.45, 2.75) is 44.9 Å². The van der Waals surface area contributed by atoms with Gasteiger partial charge in [-0.1, -0.05) is 18.2 Å². The Labute approximate surface area is 153 Å². The molecule has 2 aliphatic rings. The van der Waals surface area contributed by atoms with E-state index in [9.17, 15) is 14.7 Å². The third-order valence-corrected chi connectivity index (χ3v) is 5.23. The van der Waals surface area contributed by atoms with Crippen molar-refractivity contribution < 1.29 is 24.2 Å². The van der Waals surface area contributed by atoms with Gasteiger partial charge in [-0.2, -0.15) is 0 Å². The van der Waals surface area contributed by atoms with E-state index >= 15 is 0 Å². The molecule has 2 N–H and O–H groups in total. The molecule has 7 nitrogen and oxygen atoms in total. The quantitative estimate of drug-likeness (QED) is 0.809. The first kappa shape index (κ1) is 18.5. The summed E-state index contributed by atoms with van der Waals surface area (Å²) in [5.74, 6) is -0.126. The average Bonchev–Trinajstić information content (AvgIpc) is 3.03. The molecular formula is C19H26N2O5. The molecular weight excluding hydrogens is 336 g/mol. The summed E-state index contributed by atoms with van der Waals surface area (Å²) in [6.45, 7) is 4.87. The van der Waals surface area contributed by atoms with Crippen molar-refractivity contribution in [2.24, 2.45) is 5.41 Å². The monoisotopic (exact) mass is 362 g/mol. The van der Waals surface area contributed by atoms with Gasteiger partial charge in [0.25, 0.3) is 0 Å². The minimum atomic E-state index is -0.870. The maximum absolute atomic E-state index is 12.5. The van der Waals surface area contributed by atoms with E-state index < -0.39 is 11.4 Å². The summed E-state index contributed by atoms with van der Waals surface area (Å²) in [7, 11) is 0. The second-order valence-electron chi connectivity index (χ2n) is 7.22. The van der Waals surface area contributed by atoms with Gasteiger partial charge in [-0.15, -0.1) is 0 Å². The first-order valence-electron chi connectivity index (χ1n) is 9.05. The fourth-order valence-electron chi connectivity index (χ4n) is 3.47. The number of hydrogen-bond donors (Lipinski definition) is 2. The largest absolute Gasteiger partial charge is 0.486 e. The van der Waals surface area contributed by atoms with Crippen molar-refractivity contribution >= 4 is 12.0 Å². The number of para-hydroxylation sites is 1. The zero-order valence-corrected chi connectivity index (χ0v) is 15.2. The Balaban J connectivity index is 1.59. The molecule has 1 aliphatic heterocycles. The molecule has 0 aromatic heterocycles. The van der Waals surface area contributed by atoms with Crippen molar-refractivity contribution in [3.05, 3.63) is 30.3 Å². The molecule has 4 atom stereocenters. The van der Waals surface area contributed by atoms with Crippen LogP contribution in [0.5, 0.6) is 5.75 Å². The zero-order valence-electron chi connectivity index (χ0n) is 15.2. The molecule has 0 spiro atoms. The summed E-state index contributed by atoms with van der Waals surface area (Å²) in [5, 5.41) is 12.3.